The fourth-order valence-electron chi connectivity index (χ4n) is 0.895. The SMILES string of the molecule is NC(=NNC#CCc1ccccc1)NO. The average molecular weight is 204 g/mol. The van der Waals surface area contributed by atoms with Gasteiger partial charge in [-0.2, -0.15) is 0 Å². The number of nitrogens with zero attached hydrogens (tertiary/aromatic N) is 1. The van der Waals surface area contributed by atoms with Gasteiger partial charge in [-0.05, 0) is 5.56 Å². The van der Waals surface area contributed by atoms with Crippen molar-refractivity contribution in [3.8, 4) is 12.0 Å². The topological polar surface area (TPSA) is 82.7 Å². The number of hydrazone groups is 1. The van der Waals surface area contributed by atoms with Gasteiger partial charge in [0.2, 0.25) is 5.96 Å². The predicted octanol–water partition coefficient (Wildman–Crippen LogP) is -0.0119. The molecule has 0 saturated heterocycles. The van der Waals surface area contributed by atoms with Crippen molar-refractivity contribution in [3.63, 3.8) is 0 Å². The first-order valence-corrected chi connectivity index (χ1v) is 4.33. The highest BCUT2D eigenvalue weighted by Gasteiger charge is 1.84. The van der Waals surface area contributed by atoms with Gasteiger partial charge in [0.15, 0.2) is 0 Å². The Labute approximate surface area is 87.9 Å². The molecule has 0 spiro atoms. The van der Waals surface area contributed by atoms with E-state index in [4.69, 9.17) is 10.9 Å². The quantitative estimate of drug-likeness (QED) is 0.179. The van der Waals surface area contributed by atoms with Gasteiger partial charge in [-0.25, -0.2) is 10.9 Å². The molecule has 1 aromatic rings. The molecule has 0 aromatic heterocycles. The number of hydrogen-bond donors (Lipinski definition) is 4. The van der Waals surface area contributed by atoms with E-state index < -0.39 is 0 Å². The van der Waals surface area contributed by atoms with Crippen LogP contribution in [0.2, 0.25) is 0 Å². The van der Waals surface area contributed by atoms with Crippen LogP contribution in [0.1, 0.15) is 5.56 Å². The molecular weight excluding hydrogens is 192 g/mol. The average Bonchev–Trinajstić information content (AvgIpc) is 2.29. The third-order valence-corrected chi connectivity index (χ3v) is 1.57. The Morgan fingerprint density at radius 2 is 2.13 bits per heavy atom. The lowest BCUT2D eigenvalue weighted by molar-refractivity contribution is 0.232. The van der Waals surface area contributed by atoms with E-state index in [0.717, 1.165) is 5.56 Å². The number of hydroxylamine groups is 1. The highest BCUT2D eigenvalue weighted by molar-refractivity contribution is 5.76. The third-order valence-electron chi connectivity index (χ3n) is 1.57. The Kier molecular flexibility index (Phi) is 4.57. The van der Waals surface area contributed by atoms with E-state index in [2.05, 4.69) is 22.5 Å². The Balaban J connectivity index is 2.35. The fourth-order valence-corrected chi connectivity index (χ4v) is 0.895. The van der Waals surface area contributed by atoms with Crippen molar-refractivity contribution >= 4 is 5.96 Å². The summed E-state index contributed by atoms with van der Waals surface area (Å²) < 4.78 is 0. The predicted molar refractivity (Wildman–Crippen MR) is 57.6 cm³/mol. The molecular formula is C10H12N4O. The highest BCUT2D eigenvalue weighted by atomic mass is 16.5. The van der Waals surface area contributed by atoms with Crippen molar-refractivity contribution < 1.29 is 5.21 Å². The maximum absolute atomic E-state index is 8.28. The van der Waals surface area contributed by atoms with Crippen LogP contribution in [-0.2, 0) is 6.42 Å². The summed E-state index contributed by atoms with van der Waals surface area (Å²) in [4.78, 5) is 0. The van der Waals surface area contributed by atoms with Gasteiger partial charge in [-0.1, -0.05) is 36.3 Å². The second kappa shape index (κ2) is 6.29. The minimum absolute atomic E-state index is 0.135. The van der Waals surface area contributed by atoms with Gasteiger partial charge >= 0.3 is 0 Å². The molecule has 78 valence electrons. The van der Waals surface area contributed by atoms with Crippen LogP contribution in [0.4, 0.5) is 0 Å². The van der Waals surface area contributed by atoms with Crippen LogP contribution in [0.15, 0.2) is 35.4 Å². The maximum Gasteiger partial charge on any atom is 0.236 e. The van der Waals surface area contributed by atoms with E-state index in [1.807, 2.05) is 30.3 Å². The van der Waals surface area contributed by atoms with Gasteiger partial charge in [0.1, 0.15) is 0 Å². The molecule has 0 unspecified atom stereocenters. The molecule has 0 radical (unpaired) electrons. The molecule has 0 saturated carbocycles. The van der Waals surface area contributed by atoms with Crippen LogP contribution in [-0.4, -0.2) is 11.2 Å². The van der Waals surface area contributed by atoms with Gasteiger partial charge in [0, 0.05) is 12.5 Å². The Morgan fingerprint density at radius 1 is 1.40 bits per heavy atom. The smallest absolute Gasteiger partial charge is 0.236 e. The summed E-state index contributed by atoms with van der Waals surface area (Å²) >= 11 is 0. The summed E-state index contributed by atoms with van der Waals surface area (Å²) in [6, 6.07) is 12.4. The van der Waals surface area contributed by atoms with Crippen LogP contribution in [0.3, 0.4) is 0 Å². The van der Waals surface area contributed by atoms with Gasteiger partial charge in [0.25, 0.3) is 0 Å². The van der Waals surface area contributed by atoms with Crippen LogP contribution >= 0.6 is 0 Å². The molecule has 0 heterocycles. The molecule has 0 fully saturated rings. The number of benzene rings is 1. The molecule has 0 aliphatic carbocycles. The number of rotatable bonds is 2. The molecule has 0 aliphatic rings. The van der Waals surface area contributed by atoms with Crippen molar-refractivity contribution in [2.45, 2.75) is 6.42 Å². The second-order valence-electron chi connectivity index (χ2n) is 2.68. The number of nitrogens with one attached hydrogen (secondary N) is 2. The Bertz CT molecular complexity index is 377. The van der Waals surface area contributed by atoms with E-state index in [0.29, 0.717) is 6.42 Å². The summed E-state index contributed by atoms with van der Waals surface area (Å²) in [6.07, 6.45) is 0.635. The normalized spacial score (nSPS) is 10.1. The molecule has 5 N–H and O–H groups in total. The number of nitrogens with two attached hydrogens (primary N) is 1. The van der Waals surface area contributed by atoms with Crippen LogP contribution < -0.4 is 16.6 Å². The first-order chi connectivity index (χ1) is 7.33. The lowest BCUT2D eigenvalue weighted by Crippen LogP contribution is -2.30. The van der Waals surface area contributed by atoms with Crippen LogP contribution in [0.5, 0.6) is 0 Å². The zero-order valence-corrected chi connectivity index (χ0v) is 8.07. The molecule has 0 atom stereocenters. The lowest BCUT2D eigenvalue weighted by Gasteiger charge is -1.93. The van der Waals surface area contributed by atoms with Gasteiger partial charge in [0.05, 0.1) is 0 Å². The molecule has 5 heteroatoms. The standard InChI is InChI=1S/C10H12N4O/c11-10(14-15)13-12-8-4-7-9-5-2-1-3-6-9/h1-3,5-6,12,15H,7H2,(H3,11,13,14). The van der Waals surface area contributed by atoms with Gasteiger partial charge in [-0.3, -0.25) is 5.21 Å². The fraction of sp³-hybridized carbons (Fsp3) is 0.100. The summed E-state index contributed by atoms with van der Waals surface area (Å²) in [7, 11) is 0. The van der Waals surface area contributed by atoms with E-state index in [1.54, 1.807) is 5.48 Å². The van der Waals surface area contributed by atoms with E-state index in [9.17, 15) is 0 Å². The first kappa shape index (κ1) is 10.9. The maximum atomic E-state index is 8.28. The minimum Gasteiger partial charge on any atom is -0.367 e. The van der Waals surface area contributed by atoms with Crippen LogP contribution in [0, 0.1) is 12.0 Å². The zero-order valence-electron chi connectivity index (χ0n) is 8.07. The van der Waals surface area contributed by atoms with E-state index in [1.165, 1.54) is 0 Å². The molecule has 5 nitrogen and oxygen atoms in total. The Hall–Kier alpha value is -2.19. The summed E-state index contributed by atoms with van der Waals surface area (Å²) in [6.45, 7) is 0. The zero-order chi connectivity index (χ0) is 10.9. The highest BCUT2D eigenvalue weighted by Crippen LogP contribution is 1.97. The van der Waals surface area contributed by atoms with E-state index in [-0.39, 0.29) is 5.96 Å². The third kappa shape index (κ3) is 4.55. The minimum atomic E-state index is -0.135. The molecule has 15 heavy (non-hydrogen) atoms. The largest absolute Gasteiger partial charge is 0.367 e. The first-order valence-electron chi connectivity index (χ1n) is 4.33. The van der Waals surface area contributed by atoms with Gasteiger partial charge < -0.3 is 5.73 Å². The summed E-state index contributed by atoms with van der Waals surface area (Å²) in [5.74, 6) is 2.71. The molecule has 0 bridgehead atoms. The number of guanidine groups is 1. The van der Waals surface area contributed by atoms with Crippen molar-refractivity contribution in [1.29, 1.82) is 0 Å². The molecule has 1 aromatic carbocycles. The molecule has 1 rings (SSSR count). The lowest BCUT2D eigenvalue weighted by atomic mass is 10.2. The Morgan fingerprint density at radius 3 is 2.80 bits per heavy atom. The summed E-state index contributed by atoms with van der Waals surface area (Å²) in [5.41, 5.74) is 10.3. The van der Waals surface area contributed by atoms with Crippen molar-refractivity contribution in [3.05, 3.63) is 35.9 Å². The van der Waals surface area contributed by atoms with Crippen molar-refractivity contribution in [2.24, 2.45) is 10.8 Å². The van der Waals surface area contributed by atoms with E-state index >= 15 is 0 Å². The monoisotopic (exact) mass is 204 g/mol. The van der Waals surface area contributed by atoms with Gasteiger partial charge in [-0.15, -0.1) is 5.10 Å². The van der Waals surface area contributed by atoms with Crippen LogP contribution in [0.25, 0.3) is 0 Å². The van der Waals surface area contributed by atoms with Crippen molar-refractivity contribution in [1.82, 2.24) is 10.9 Å². The molecule has 0 amide bonds. The van der Waals surface area contributed by atoms with Crippen molar-refractivity contribution in [2.75, 3.05) is 0 Å². The number of hydrogen-bond acceptors (Lipinski definition) is 3. The second-order valence-corrected chi connectivity index (χ2v) is 2.68. The summed E-state index contributed by atoms with van der Waals surface area (Å²) in [5, 5.41) is 11.8. The molecule has 0 aliphatic heterocycles.